The molecule has 2 nitrogen and oxygen atoms in total. The first-order valence-corrected chi connectivity index (χ1v) is 12.3. The minimum atomic E-state index is -1.83. The molecule has 0 spiro atoms. The van der Waals surface area contributed by atoms with Crippen molar-refractivity contribution in [2.45, 2.75) is 64.8 Å². The van der Waals surface area contributed by atoms with Crippen molar-refractivity contribution in [2.24, 2.45) is 0 Å². The maximum Gasteiger partial charge on any atom is 0.200 e. The Kier molecular flexibility index (Phi) is 7.80. The average Bonchev–Trinajstić information content (AvgIpc) is 2.67. The normalized spacial score (nSPS) is 12.3. The van der Waals surface area contributed by atoms with Crippen LogP contribution in [-0.4, -0.2) is 8.32 Å². The van der Waals surface area contributed by atoms with Crippen LogP contribution in [0.15, 0.2) is 48.5 Å². The molecule has 0 fully saturated rings. The van der Waals surface area contributed by atoms with Crippen molar-refractivity contribution < 1.29 is 4.43 Å². The van der Waals surface area contributed by atoms with Crippen LogP contribution in [0.1, 0.15) is 63.8 Å². The third-order valence-electron chi connectivity index (χ3n) is 5.66. The highest BCUT2D eigenvalue weighted by molar-refractivity contribution is 6.77. The lowest BCUT2D eigenvalue weighted by atomic mass is 10.1. The van der Waals surface area contributed by atoms with Crippen molar-refractivity contribution in [3.05, 3.63) is 70.8 Å². The number of nitrogens with zero attached hydrogens (tertiary/aromatic N) is 1. The van der Waals surface area contributed by atoms with E-state index in [-0.39, 0.29) is 0 Å². The third kappa shape index (κ3) is 5.22. The molecular weight excluding hydrogens is 358 g/mol. The van der Waals surface area contributed by atoms with Crippen molar-refractivity contribution in [3.8, 4) is 6.07 Å². The highest BCUT2D eigenvalue weighted by atomic mass is 28.4. The molecule has 0 aliphatic heterocycles. The lowest BCUT2D eigenvalue weighted by Gasteiger charge is -2.42. The van der Waals surface area contributed by atoms with Crippen molar-refractivity contribution in [3.63, 3.8) is 0 Å². The van der Waals surface area contributed by atoms with Crippen LogP contribution in [0.3, 0.4) is 0 Å². The van der Waals surface area contributed by atoms with E-state index in [0.29, 0.717) is 28.8 Å². The molecule has 0 heterocycles. The predicted octanol–water partition coefficient (Wildman–Crippen LogP) is 7.42. The lowest BCUT2D eigenvalue weighted by molar-refractivity contribution is 0.266. The summed E-state index contributed by atoms with van der Waals surface area (Å²) in [6.07, 6.45) is 4.12. The highest BCUT2D eigenvalue weighted by Crippen LogP contribution is 2.42. The van der Waals surface area contributed by atoms with E-state index in [4.69, 9.17) is 9.69 Å². The van der Waals surface area contributed by atoms with Crippen LogP contribution in [0.25, 0.3) is 12.2 Å². The fraction of sp³-hybridized carbons (Fsp3) is 0.400. The molecule has 0 aliphatic carbocycles. The van der Waals surface area contributed by atoms with Crippen LogP contribution in [0.2, 0.25) is 16.6 Å². The second kappa shape index (κ2) is 9.86. The molecule has 0 saturated heterocycles. The zero-order chi connectivity index (χ0) is 20.7. The Balaban J connectivity index is 2.08. The molecule has 2 aromatic rings. The van der Waals surface area contributed by atoms with Crippen molar-refractivity contribution in [1.82, 2.24) is 0 Å². The van der Waals surface area contributed by atoms with Gasteiger partial charge in [0.05, 0.1) is 18.2 Å². The van der Waals surface area contributed by atoms with E-state index in [1.807, 2.05) is 30.3 Å². The Labute approximate surface area is 172 Å². The summed E-state index contributed by atoms with van der Waals surface area (Å²) in [5, 5.41) is 9.01. The van der Waals surface area contributed by atoms with Gasteiger partial charge in [0.1, 0.15) is 0 Å². The highest BCUT2D eigenvalue weighted by Gasteiger charge is 2.44. The molecule has 0 N–H and O–H groups in total. The first-order chi connectivity index (χ1) is 13.3. The number of hydrogen-bond donors (Lipinski definition) is 0. The molecule has 2 aromatic carbocycles. The van der Waals surface area contributed by atoms with E-state index < -0.39 is 8.32 Å². The Morgan fingerprint density at radius 2 is 1.43 bits per heavy atom. The first kappa shape index (κ1) is 22.1. The molecule has 148 valence electrons. The number of rotatable bonds is 8. The van der Waals surface area contributed by atoms with Gasteiger partial charge in [0.15, 0.2) is 0 Å². The molecule has 0 aromatic heterocycles. The monoisotopic (exact) mass is 391 g/mol. The Hall–Kier alpha value is -2.15. The van der Waals surface area contributed by atoms with Gasteiger partial charge in [-0.2, -0.15) is 5.26 Å². The summed E-state index contributed by atoms with van der Waals surface area (Å²) >= 11 is 0. The lowest BCUT2D eigenvalue weighted by Crippen LogP contribution is -2.47. The summed E-state index contributed by atoms with van der Waals surface area (Å²) in [5.41, 5.74) is 5.88. The van der Waals surface area contributed by atoms with E-state index in [1.54, 1.807) is 0 Å². The molecule has 3 heteroatoms. The molecule has 0 radical (unpaired) electrons. The first-order valence-electron chi connectivity index (χ1n) is 10.2. The van der Waals surface area contributed by atoms with Gasteiger partial charge in [0, 0.05) is 0 Å². The largest absolute Gasteiger partial charge is 0.412 e. The number of hydrogen-bond acceptors (Lipinski definition) is 2. The summed E-state index contributed by atoms with van der Waals surface area (Å²) in [4.78, 5) is 0. The van der Waals surface area contributed by atoms with Gasteiger partial charge >= 0.3 is 0 Å². The molecule has 28 heavy (non-hydrogen) atoms. The molecule has 2 rings (SSSR count). The van der Waals surface area contributed by atoms with Crippen LogP contribution >= 0.6 is 0 Å². The zero-order valence-corrected chi connectivity index (χ0v) is 19.1. The molecule has 0 saturated carbocycles. The van der Waals surface area contributed by atoms with Crippen molar-refractivity contribution in [1.29, 1.82) is 5.26 Å². The summed E-state index contributed by atoms with van der Waals surface area (Å²) < 4.78 is 6.69. The van der Waals surface area contributed by atoms with Gasteiger partial charge in [-0.25, -0.2) is 0 Å². The fourth-order valence-corrected chi connectivity index (χ4v) is 9.75. The van der Waals surface area contributed by atoms with E-state index in [9.17, 15) is 0 Å². The quantitative estimate of drug-likeness (QED) is 0.346. The fourth-order valence-electron chi connectivity index (χ4n) is 4.34. The predicted molar refractivity (Wildman–Crippen MR) is 122 cm³/mol. The van der Waals surface area contributed by atoms with Gasteiger partial charge < -0.3 is 4.43 Å². The molecule has 0 amide bonds. The van der Waals surface area contributed by atoms with Gasteiger partial charge in [0.2, 0.25) is 8.32 Å². The molecule has 0 atom stereocenters. The molecule has 0 unspecified atom stereocenters. The van der Waals surface area contributed by atoms with Gasteiger partial charge in [-0.1, -0.05) is 90.1 Å². The van der Waals surface area contributed by atoms with Crippen LogP contribution in [0, 0.1) is 11.3 Å². The Morgan fingerprint density at radius 1 is 0.857 bits per heavy atom. The van der Waals surface area contributed by atoms with Crippen molar-refractivity contribution in [2.75, 3.05) is 0 Å². The minimum Gasteiger partial charge on any atom is -0.412 e. The second-order valence-electron chi connectivity index (χ2n) is 8.42. The minimum absolute atomic E-state index is 0.596. The summed E-state index contributed by atoms with van der Waals surface area (Å²) in [6, 6.07) is 18.4. The van der Waals surface area contributed by atoms with Crippen LogP contribution in [0.5, 0.6) is 0 Å². The van der Waals surface area contributed by atoms with E-state index >= 15 is 0 Å². The van der Waals surface area contributed by atoms with E-state index in [1.165, 1.54) is 5.56 Å². The Bertz CT molecular complexity index is 807. The summed E-state index contributed by atoms with van der Waals surface area (Å²) in [5.74, 6) is 0. The van der Waals surface area contributed by atoms with Gasteiger partial charge in [-0.05, 0) is 45.4 Å². The van der Waals surface area contributed by atoms with Gasteiger partial charge in [0.25, 0.3) is 0 Å². The van der Waals surface area contributed by atoms with Crippen LogP contribution in [0.4, 0.5) is 0 Å². The standard InChI is InChI=1S/C25H33NOSi/c1-19(2)28(20(3)4,21(5)6)27-18-24-14-11-22(12-15-24)10-13-23-8-7-9-25(16-23)17-26/h7-16,19-21H,18H2,1-6H3. The third-order valence-corrected chi connectivity index (χ3v) is 11.7. The van der Waals surface area contributed by atoms with E-state index in [2.05, 4.69) is 78.0 Å². The molecule has 0 aliphatic rings. The number of nitriles is 1. The average molecular weight is 392 g/mol. The smallest absolute Gasteiger partial charge is 0.200 e. The van der Waals surface area contributed by atoms with Crippen molar-refractivity contribution >= 4 is 20.5 Å². The summed E-state index contributed by atoms with van der Waals surface area (Å²) in [6.45, 7) is 14.6. The van der Waals surface area contributed by atoms with Crippen LogP contribution < -0.4 is 0 Å². The SMILES string of the molecule is CC(C)[Si](OCc1ccc(C=Cc2cccc(C#N)c2)cc1)(C(C)C)C(C)C. The molecule has 0 bridgehead atoms. The number of benzene rings is 2. The summed E-state index contributed by atoms with van der Waals surface area (Å²) in [7, 11) is -1.83. The van der Waals surface area contributed by atoms with Gasteiger partial charge in [-0.3, -0.25) is 0 Å². The van der Waals surface area contributed by atoms with Crippen LogP contribution in [-0.2, 0) is 11.0 Å². The van der Waals surface area contributed by atoms with E-state index in [0.717, 1.165) is 11.1 Å². The molecular formula is C25H33NOSi. The second-order valence-corrected chi connectivity index (χ2v) is 13.9. The maximum atomic E-state index is 9.01. The topological polar surface area (TPSA) is 33.0 Å². The zero-order valence-electron chi connectivity index (χ0n) is 18.1. The maximum absolute atomic E-state index is 9.01. The van der Waals surface area contributed by atoms with Gasteiger partial charge in [-0.15, -0.1) is 0 Å². The Morgan fingerprint density at radius 3 is 1.96 bits per heavy atom.